The van der Waals surface area contributed by atoms with E-state index in [1.807, 2.05) is 36.6 Å². The molecule has 0 unspecified atom stereocenters. The lowest BCUT2D eigenvalue weighted by atomic mass is 10.1. The molecule has 1 amide bonds. The number of aromatic nitrogens is 1. The van der Waals surface area contributed by atoms with Crippen LogP contribution in [0.25, 0.3) is 10.6 Å². The maximum absolute atomic E-state index is 12.3. The molecule has 1 aliphatic rings. The van der Waals surface area contributed by atoms with Crippen LogP contribution in [0.3, 0.4) is 0 Å². The lowest BCUT2D eigenvalue weighted by molar-refractivity contribution is 0.101. The zero-order chi connectivity index (χ0) is 14.6. The van der Waals surface area contributed by atoms with Gasteiger partial charge in [-0.2, -0.15) is 0 Å². The zero-order valence-corrected chi connectivity index (χ0v) is 12.6. The van der Waals surface area contributed by atoms with Crippen LogP contribution in [-0.2, 0) is 0 Å². The molecule has 3 aromatic heterocycles. The minimum atomic E-state index is -0.300. The molecule has 0 saturated carbocycles. The van der Waals surface area contributed by atoms with E-state index in [4.69, 9.17) is 0 Å². The van der Waals surface area contributed by atoms with Crippen LogP contribution in [0.15, 0.2) is 34.6 Å². The Balaban J connectivity index is 1.93. The topological polar surface area (TPSA) is 65.5 Å². The van der Waals surface area contributed by atoms with Crippen molar-refractivity contribution in [2.75, 3.05) is 0 Å². The number of fused-ring (bicyclic) bond motifs is 1. The standard InChI is InChI=1S/C15H10N2O2S2/c1-7-4-5-9(21-7)13-11-10(14(18)17-13)12(16-15(11)19)8-3-2-6-20-8/h2-6,16,19H,1H3. The first-order chi connectivity index (χ1) is 10.1. The summed E-state index contributed by atoms with van der Waals surface area (Å²) in [6.45, 7) is 2.00. The Bertz CT molecular complexity index is 885. The molecule has 21 heavy (non-hydrogen) atoms. The number of aromatic hydroxyl groups is 1. The summed E-state index contributed by atoms with van der Waals surface area (Å²) in [5, 5.41) is 12.2. The second kappa shape index (κ2) is 4.41. The number of aliphatic imine (C=N–C) groups is 1. The Kier molecular flexibility index (Phi) is 2.63. The number of thiophene rings is 2. The van der Waals surface area contributed by atoms with E-state index in [2.05, 4.69) is 9.98 Å². The van der Waals surface area contributed by atoms with Crippen molar-refractivity contribution in [2.45, 2.75) is 6.92 Å². The SMILES string of the molecule is Cc1ccc(C2=NC(=O)c3c(-c4cccs4)[nH]c(O)c32)s1. The molecule has 4 nitrogen and oxygen atoms in total. The number of rotatable bonds is 2. The fourth-order valence-electron chi connectivity index (χ4n) is 2.49. The predicted molar refractivity (Wildman–Crippen MR) is 84.8 cm³/mol. The molecule has 0 atom stereocenters. The van der Waals surface area contributed by atoms with Gasteiger partial charge in [0.15, 0.2) is 5.88 Å². The van der Waals surface area contributed by atoms with E-state index >= 15 is 0 Å². The number of nitrogens with one attached hydrogen (secondary N) is 1. The van der Waals surface area contributed by atoms with Crippen LogP contribution in [0.1, 0.15) is 25.7 Å². The summed E-state index contributed by atoms with van der Waals surface area (Å²) in [4.78, 5) is 22.3. The molecule has 6 heteroatoms. The normalized spacial score (nSPS) is 13.6. The number of nitrogens with zero attached hydrogens (tertiary/aromatic N) is 1. The summed E-state index contributed by atoms with van der Waals surface area (Å²) in [6.07, 6.45) is 0. The molecule has 0 saturated heterocycles. The van der Waals surface area contributed by atoms with E-state index in [0.717, 1.165) is 14.6 Å². The number of H-pyrrole nitrogens is 1. The summed E-state index contributed by atoms with van der Waals surface area (Å²) in [5.41, 5.74) is 2.19. The van der Waals surface area contributed by atoms with Crippen LogP contribution in [0.4, 0.5) is 0 Å². The number of carbonyl (C=O) groups excluding carboxylic acids is 1. The quantitative estimate of drug-likeness (QED) is 0.755. The van der Waals surface area contributed by atoms with Gasteiger partial charge in [0.2, 0.25) is 0 Å². The summed E-state index contributed by atoms with van der Waals surface area (Å²) in [6, 6.07) is 7.73. The largest absolute Gasteiger partial charge is 0.494 e. The molecule has 0 aliphatic carbocycles. The maximum Gasteiger partial charge on any atom is 0.280 e. The minimum Gasteiger partial charge on any atom is -0.494 e. The molecular weight excluding hydrogens is 304 g/mol. The average Bonchev–Trinajstić information content (AvgIpc) is 3.17. The van der Waals surface area contributed by atoms with E-state index < -0.39 is 0 Å². The third kappa shape index (κ3) is 1.80. The van der Waals surface area contributed by atoms with Gasteiger partial charge >= 0.3 is 0 Å². The highest BCUT2D eigenvalue weighted by Gasteiger charge is 2.34. The van der Waals surface area contributed by atoms with Crippen molar-refractivity contribution in [3.63, 3.8) is 0 Å². The van der Waals surface area contributed by atoms with Gasteiger partial charge in [0, 0.05) is 4.88 Å². The van der Waals surface area contributed by atoms with Crippen LogP contribution in [-0.4, -0.2) is 21.7 Å². The molecule has 0 fully saturated rings. The van der Waals surface area contributed by atoms with Gasteiger partial charge < -0.3 is 10.1 Å². The van der Waals surface area contributed by atoms with Crippen molar-refractivity contribution >= 4 is 34.3 Å². The first-order valence-electron chi connectivity index (χ1n) is 6.34. The van der Waals surface area contributed by atoms with Gasteiger partial charge in [-0.05, 0) is 30.5 Å². The Morgan fingerprint density at radius 1 is 1.19 bits per heavy atom. The monoisotopic (exact) mass is 314 g/mol. The van der Waals surface area contributed by atoms with Gasteiger partial charge in [-0.25, -0.2) is 4.99 Å². The molecule has 0 radical (unpaired) electrons. The Morgan fingerprint density at radius 3 is 2.71 bits per heavy atom. The van der Waals surface area contributed by atoms with Gasteiger partial charge in [0.1, 0.15) is 0 Å². The third-order valence-electron chi connectivity index (χ3n) is 3.39. The molecule has 0 spiro atoms. The highest BCUT2D eigenvalue weighted by molar-refractivity contribution is 7.14. The number of hydrogen-bond acceptors (Lipinski definition) is 4. The zero-order valence-electron chi connectivity index (χ0n) is 11.0. The second-order valence-electron chi connectivity index (χ2n) is 4.75. The number of amides is 1. The molecule has 104 valence electrons. The fourth-order valence-corrected chi connectivity index (χ4v) is 4.09. The molecule has 2 N–H and O–H groups in total. The number of aryl methyl sites for hydroxylation is 1. The Labute approximate surface area is 128 Å². The van der Waals surface area contributed by atoms with E-state index in [-0.39, 0.29) is 11.8 Å². The molecule has 0 aromatic carbocycles. The van der Waals surface area contributed by atoms with Crippen LogP contribution < -0.4 is 0 Å². The van der Waals surface area contributed by atoms with Gasteiger partial charge in [-0.15, -0.1) is 22.7 Å². The second-order valence-corrected chi connectivity index (χ2v) is 6.99. The Morgan fingerprint density at radius 2 is 2.05 bits per heavy atom. The van der Waals surface area contributed by atoms with Gasteiger partial charge in [0.25, 0.3) is 5.91 Å². The number of aromatic amines is 1. The van der Waals surface area contributed by atoms with E-state index in [9.17, 15) is 9.90 Å². The first-order valence-corrected chi connectivity index (χ1v) is 8.04. The minimum absolute atomic E-state index is 0.00375. The summed E-state index contributed by atoms with van der Waals surface area (Å²) in [7, 11) is 0. The van der Waals surface area contributed by atoms with Crippen LogP contribution in [0.5, 0.6) is 5.88 Å². The highest BCUT2D eigenvalue weighted by Crippen LogP contribution is 2.40. The molecule has 4 rings (SSSR count). The number of hydrogen-bond donors (Lipinski definition) is 2. The molecule has 0 bridgehead atoms. The van der Waals surface area contributed by atoms with Crippen molar-refractivity contribution in [1.29, 1.82) is 0 Å². The van der Waals surface area contributed by atoms with Crippen molar-refractivity contribution in [3.05, 3.63) is 50.5 Å². The fraction of sp³-hybridized carbons (Fsp3) is 0.0667. The van der Waals surface area contributed by atoms with Crippen molar-refractivity contribution in [1.82, 2.24) is 4.98 Å². The van der Waals surface area contributed by atoms with Crippen molar-refractivity contribution in [3.8, 4) is 16.5 Å². The van der Waals surface area contributed by atoms with E-state index in [1.54, 1.807) is 11.3 Å². The first kappa shape index (κ1) is 12.6. The van der Waals surface area contributed by atoms with Crippen LogP contribution >= 0.6 is 22.7 Å². The highest BCUT2D eigenvalue weighted by atomic mass is 32.1. The number of carbonyl (C=O) groups is 1. The van der Waals surface area contributed by atoms with Gasteiger partial charge in [0.05, 0.1) is 32.3 Å². The smallest absolute Gasteiger partial charge is 0.280 e. The summed E-state index contributed by atoms with van der Waals surface area (Å²) >= 11 is 3.08. The van der Waals surface area contributed by atoms with Gasteiger partial charge in [-0.1, -0.05) is 6.07 Å². The third-order valence-corrected chi connectivity index (χ3v) is 5.28. The van der Waals surface area contributed by atoms with E-state index in [0.29, 0.717) is 22.5 Å². The van der Waals surface area contributed by atoms with Crippen LogP contribution in [0, 0.1) is 6.92 Å². The lowest BCUT2D eigenvalue weighted by Gasteiger charge is -1.96. The van der Waals surface area contributed by atoms with Crippen LogP contribution in [0.2, 0.25) is 0 Å². The molecular formula is C15H10N2O2S2. The van der Waals surface area contributed by atoms with Crippen molar-refractivity contribution < 1.29 is 9.90 Å². The Hall–Kier alpha value is -2.18. The predicted octanol–water partition coefficient (Wildman–Crippen LogP) is 3.81. The van der Waals surface area contributed by atoms with Gasteiger partial charge in [-0.3, -0.25) is 4.79 Å². The van der Waals surface area contributed by atoms with E-state index in [1.165, 1.54) is 11.3 Å². The summed E-state index contributed by atoms with van der Waals surface area (Å²) in [5.74, 6) is -0.296. The average molecular weight is 314 g/mol. The molecule has 3 aromatic rings. The molecule has 4 heterocycles. The molecule has 1 aliphatic heterocycles. The van der Waals surface area contributed by atoms with Crippen molar-refractivity contribution in [2.24, 2.45) is 4.99 Å². The maximum atomic E-state index is 12.3. The lowest BCUT2D eigenvalue weighted by Crippen LogP contribution is -1.96. The summed E-state index contributed by atoms with van der Waals surface area (Å²) < 4.78 is 0.